The van der Waals surface area contributed by atoms with Crippen LogP contribution in [0.5, 0.6) is 0 Å². The van der Waals surface area contributed by atoms with E-state index in [-0.39, 0.29) is 5.54 Å². The summed E-state index contributed by atoms with van der Waals surface area (Å²) in [4.78, 5) is 0. The minimum Gasteiger partial charge on any atom is -0.376 e. The molecule has 0 radical (unpaired) electrons. The van der Waals surface area contributed by atoms with Gasteiger partial charge in [0.25, 0.3) is 0 Å². The molecule has 0 bridgehead atoms. The van der Waals surface area contributed by atoms with Gasteiger partial charge in [-0.1, -0.05) is 36.4 Å². The van der Waals surface area contributed by atoms with E-state index in [1.165, 1.54) is 11.3 Å². The Morgan fingerprint density at radius 2 is 2.21 bits per heavy atom. The molecule has 0 aliphatic carbocycles. The molecular weight excluding hydrogens is 170 g/mol. The first-order valence-electron chi connectivity index (χ1n) is 4.91. The lowest BCUT2D eigenvalue weighted by atomic mass is 9.92. The largest absolute Gasteiger partial charge is 0.376 e. The molecule has 1 atom stereocenters. The Balaban J connectivity index is 2.33. The van der Waals surface area contributed by atoms with Gasteiger partial charge in [0.05, 0.1) is 5.54 Å². The van der Waals surface area contributed by atoms with E-state index in [0.717, 1.165) is 6.42 Å². The molecule has 1 heterocycles. The minimum atomic E-state index is 0.0239. The van der Waals surface area contributed by atoms with Gasteiger partial charge in [-0.25, -0.2) is 0 Å². The van der Waals surface area contributed by atoms with Crippen LogP contribution in [0.2, 0.25) is 0 Å². The molecule has 1 aromatic rings. The van der Waals surface area contributed by atoms with E-state index in [1.54, 1.807) is 0 Å². The number of hydrogen-bond acceptors (Lipinski definition) is 1. The van der Waals surface area contributed by atoms with Crippen LogP contribution in [0.25, 0.3) is 6.08 Å². The predicted molar refractivity (Wildman–Crippen MR) is 62.3 cm³/mol. The standard InChI is InChI=1S/C13H15N/c1-3-9-13(2)10-8-11-6-4-5-7-12(11)14-13/h3-8,10,14H,1,9H2,2H3. The van der Waals surface area contributed by atoms with E-state index in [2.05, 4.69) is 55.2 Å². The second-order valence-electron chi connectivity index (χ2n) is 3.96. The first kappa shape index (κ1) is 9.07. The molecule has 1 nitrogen and oxygen atoms in total. The van der Waals surface area contributed by atoms with Crippen molar-refractivity contribution in [2.24, 2.45) is 0 Å². The summed E-state index contributed by atoms with van der Waals surface area (Å²) in [5.41, 5.74) is 2.49. The average molecular weight is 185 g/mol. The Morgan fingerprint density at radius 3 is 3.00 bits per heavy atom. The zero-order valence-corrected chi connectivity index (χ0v) is 8.46. The fraction of sp³-hybridized carbons (Fsp3) is 0.231. The van der Waals surface area contributed by atoms with Crippen molar-refractivity contribution in [1.29, 1.82) is 0 Å². The normalized spacial score (nSPS) is 23.8. The van der Waals surface area contributed by atoms with Crippen LogP contribution in [-0.4, -0.2) is 5.54 Å². The van der Waals surface area contributed by atoms with Gasteiger partial charge in [-0.05, 0) is 25.0 Å². The van der Waals surface area contributed by atoms with Crippen molar-refractivity contribution in [3.63, 3.8) is 0 Å². The molecule has 0 spiro atoms. The molecule has 1 aliphatic heterocycles. The summed E-state index contributed by atoms with van der Waals surface area (Å²) in [5, 5.41) is 3.52. The molecule has 2 rings (SSSR count). The molecule has 1 aromatic carbocycles. The maximum absolute atomic E-state index is 3.78. The van der Waals surface area contributed by atoms with E-state index in [4.69, 9.17) is 0 Å². The van der Waals surface area contributed by atoms with Crippen molar-refractivity contribution in [2.45, 2.75) is 18.9 Å². The number of nitrogens with one attached hydrogen (secondary N) is 1. The number of anilines is 1. The highest BCUT2D eigenvalue weighted by atomic mass is 15.0. The zero-order valence-electron chi connectivity index (χ0n) is 8.46. The zero-order chi connectivity index (χ0) is 10.0. The maximum atomic E-state index is 3.78. The van der Waals surface area contributed by atoms with Crippen molar-refractivity contribution in [3.05, 3.63) is 48.6 Å². The summed E-state index contributed by atoms with van der Waals surface area (Å²) >= 11 is 0. The maximum Gasteiger partial charge on any atom is 0.0565 e. The minimum absolute atomic E-state index is 0.0239. The van der Waals surface area contributed by atoms with Gasteiger partial charge in [-0.3, -0.25) is 0 Å². The van der Waals surface area contributed by atoms with Crippen LogP contribution < -0.4 is 5.32 Å². The highest BCUT2D eigenvalue weighted by molar-refractivity contribution is 5.72. The lowest BCUT2D eigenvalue weighted by Gasteiger charge is -2.31. The average Bonchev–Trinajstić information content (AvgIpc) is 2.17. The van der Waals surface area contributed by atoms with Crippen LogP contribution in [0.3, 0.4) is 0 Å². The molecule has 0 aromatic heterocycles. The molecular formula is C13H15N. The Hall–Kier alpha value is -1.50. The number of para-hydroxylation sites is 1. The number of rotatable bonds is 2. The molecule has 72 valence electrons. The van der Waals surface area contributed by atoms with Crippen LogP contribution in [0.4, 0.5) is 5.69 Å². The fourth-order valence-electron chi connectivity index (χ4n) is 1.80. The SMILES string of the molecule is C=CCC1(C)C=Cc2ccccc2N1. The highest BCUT2D eigenvalue weighted by Crippen LogP contribution is 2.29. The molecule has 14 heavy (non-hydrogen) atoms. The summed E-state index contributed by atoms with van der Waals surface area (Å²) in [5.74, 6) is 0. The van der Waals surface area contributed by atoms with Crippen LogP contribution in [0.15, 0.2) is 43.0 Å². The van der Waals surface area contributed by atoms with E-state index in [0.29, 0.717) is 0 Å². The van der Waals surface area contributed by atoms with Gasteiger partial charge < -0.3 is 5.32 Å². The molecule has 1 aliphatic rings. The summed E-state index contributed by atoms with van der Waals surface area (Å²) in [6.07, 6.45) is 7.27. The van der Waals surface area contributed by atoms with Gasteiger partial charge in [0.1, 0.15) is 0 Å². The van der Waals surface area contributed by atoms with E-state index < -0.39 is 0 Å². The van der Waals surface area contributed by atoms with Crippen LogP contribution in [-0.2, 0) is 0 Å². The highest BCUT2D eigenvalue weighted by Gasteiger charge is 2.22. The third-order valence-electron chi connectivity index (χ3n) is 2.58. The van der Waals surface area contributed by atoms with Crippen molar-refractivity contribution in [3.8, 4) is 0 Å². The van der Waals surface area contributed by atoms with Gasteiger partial charge in [0.15, 0.2) is 0 Å². The molecule has 0 fully saturated rings. The van der Waals surface area contributed by atoms with Crippen molar-refractivity contribution >= 4 is 11.8 Å². The number of benzene rings is 1. The smallest absolute Gasteiger partial charge is 0.0565 e. The third-order valence-corrected chi connectivity index (χ3v) is 2.58. The number of fused-ring (bicyclic) bond motifs is 1. The summed E-state index contributed by atoms with van der Waals surface area (Å²) in [6.45, 7) is 5.96. The molecule has 1 N–H and O–H groups in total. The Bertz CT molecular complexity index is 379. The van der Waals surface area contributed by atoms with Gasteiger partial charge in [-0.15, -0.1) is 6.58 Å². The van der Waals surface area contributed by atoms with Crippen molar-refractivity contribution in [2.75, 3.05) is 5.32 Å². The second-order valence-corrected chi connectivity index (χ2v) is 3.96. The monoisotopic (exact) mass is 185 g/mol. The molecule has 0 amide bonds. The topological polar surface area (TPSA) is 12.0 Å². The Morgan fingerprint density at radius 1 is 1.43 bits per heavy atom. The van der Waals surface area contributed by atoms with E-state index >= 15 is 0 Å². The Kier molecular flexibility index (Phi) is 2.16. The van der Waals surface area contributed by atoms with Gasteiger partial charge >= 0.3 is 0 Å². The third kappa shape index (κ3) is 1.58. The molecule has 0 saturated carbocycles. The van der Waals surface area contributed by atoms with Crippen molar-refractivity contribution in [1.82, 2.24) is 0 Å². The summed E-state index contributed by atoms with van der Waals surface area (Å²) < 4.78 is 0. The first-order chi connectivity index (χ1) is 6.73. The summed E-state index contributed by atoms with van der Waals surface area (Å²) in [7, 11) is 0. The quantitative estimate of drug-likeness (QED) is 0.696. The second kappa shape index (κ2) is 3.33. The van der Waals surface area contributed by atoms with E-state index in [1.807, 2.05) is 6.08 Å². The lowest BCUT2D eigenvalue weighted by molar-refractivity contribution is 0.646. The van der Waals surface area contributed by atoms with Crippen LogP contribution in [0, 0.1) is 0 Å². The predicted octanol–water partition coefficient (Wildman–Crippen LogP) is 3.46. The van der Waals surface area contributed by atoms with E-state index in [9.17, 15) is 0 Å². The number of hydrogen-bond donors (Lipinski definition) is 1. The van der Waals surface area contributed by atoms with Gasteiger partial charge in [-0.2, -0.15) is 0 Å². The lowest BCUT2D eigenvalue weighted by Crippen LogP contribution is -2.33. The Labute approximate surface area is 85.2 Å². The van der Waals surface area contributed by atoms with Gasteiger partial charge in [0.2, 0.25) is 0 Å². The molecule has 1 unspecified atom stereocenters. The fourth-order valence-corrected chi connectivity index (χ4v) is 1.80. The van der Waals surface area contributed by atoms with Crippen molar-refractivity contribution < 1.29 is 0 Å². The van der Waals surface area contributed by atoms with Crippen LogP contribution in [0.1, 0.15) is 18.9 Å². The van der Waals surface area contributed by atoms with Crippen LogP contribution >= 0.6 is 0 Å². The molecule has 1 heteroatoms. The first-order valence-corrected chi connectivity index (χ1v) is 4.91. The molecule has 0 saturated heterocycles. The van der Waals surface area contributed by atoms with Gasteiger partial charge in [0, 0.05) is 5.69 Å². The summed E-state index contributed by atoms with van der Waals surface area (Å²) in [6, 6.07) is 8.34.